The summed E-state index contributed by atoms with van der Waals surface area (Å²) in [5, 5.41) is 2.08. The first-order valence-electron chi connectivity index (χ1n) is 9.18. The van der Waals surface area contributed by atoms with Crippen molar-refractivity contribution in [2.24, 2.45) is 5.73 Å². The summed E-state index contributed by atoms with van der Waals surface area (Å²) in [6.45, 7) is 0. The van der Waals surface area contributed by atoms with Gasteiger partial charge in [-0.05, 0) is 42.7 Å². The fraction of sp³-hybridized carbons (Fsp3) is 0.318. The first kappa shape index (κ1) is 16.9. The van der Waals surface area contributed by atoms with Crippen LogP contribution in [-0.2, 0) is 0 Å². The number of nitrogens with zero attached hydrogens (tertiary/aromatic N) is 1. The standard InChI is InChI=1S/C22H24N2O2/c1-25-22-12-18(26-17-9-7-16(23)8-10-17)11-19-20(13-24-14-21(19)22)15-5-3-2-4-6-15/h2-6,11-14,16-17H,7-10,23H2,1H3. The first-order chi connectivity index (χ1) is 12.7. The van der Waals surface area contributed by atoms with Crippen LogP contribution in [0.1, 0.15) is 25.7 Å². The lowest BCUT2D eigenvalue weighted by atomic mass is 9.93. The van der Waals surface area contributed by atoms with E-state index in [1.54, 1.807) is 7.11 Å². The van der Waals surface area contributed by atoms with Crippen molar-refractivity contribution < 1.29 is 9.47 Å². The van der Waals surface area contributed by atoms with E-state index in [0.717, 1.165) is 59.1 Å². The second-order valence-electron chi connectivity index (χ2n) is 6.93. The zero-order chi connectivity index (χ0) is 17.9. The summed E-state index contributed by atoms with van der Waals surface area (Å²) >= 11 is 0. The molecule has 4 rings (SSSR count). The van der Waals surface area contributed by atoms with Crippen LogP contribution in [0.4, 0.5) is 0 Å². The van der Waals surface area contributed by atoms with Crippen LogP contribution >= 0.6 is 0 Å². The number of ether oxygens (including phenoxy) is 2. The topological polar surface area (TPSA) is 57.4 Å². The Morgan fingerprint density at radius 3 is 2.46 bits per heavy atom. The molecule has 2 N–H and O–H groups in total. The number of methoxy groups -OCH3 is 1. The van der Waals surface area contributed by atoms with Crippen LogP contribution in [0.25, 0.3) is 21.9 Å². The van der Waals surface area contributed by atoms with Gasteiger partial charge in [-0.25, -0.2) is 0 Å². The molecule has 0 radical (unpaired) electrons. The zero-order valence-corrected chi connectivity index (χ0v) is 15.0. The summed E-state index contributed by atoms with van der Waals surface area (Å²) in [5.74, 6) is 1.63. The molecule has 0 amide bonds. The molecule has 3 aromatic rings. The Morgan fingerprint density at radius 2 is 1.73 bits per heavy atom. The predicted molar refractivity (Wildman–Crippen MR) is 105 cm³/mol. The van der Waals surface area contributed by atoms with Crippen molar-refractivity contribution in [3.63, 3.8) is 0 Å². The van der Waals surface area contributed by atoms with Crippen LogP contribution in [0.2, 0.25) is 0 Å². The van der Waals surface area contributed by atoms with Crippen molar-refractivity contribution in [1.82, 2.24) is 4.98 Å². The third-order valence-corrected chi connectivity index (χ3v) is 5.14. The molecule has 0 aliphatic heterocycles. The SMILES string of the molecule is COc1cc(OC2CCC(N)CC2)cc2c(-c3ccccc3)cncc12. The highest BCUT2D eigenvalue weighted by molar-refractivity contribution is 5.99. The molecule has 1 heterocycles. The molecule has 0 saturated heterocycles. The van der Waals surface area contributed by atoms with Gasteiger partial charge in [-0.15, -0.1) is 0 Å². The van der Waals surface area contributed by atoms with Crippen molar-refractivity contribution in [3.05, 3.63) is 54.9 Å². The number of aromatic nitrogens is 1. The average molecular weight is 348 g/mol. The maximum absolute atomic E-state index is 6.29. The molecule has 0 unspecified atom stereocenters. The highest BCUT2D eigenvalue weighted by atomic mass is 16.5. The van der Waals surface area contributed by atoms with Gasteiger partial charge in [-0.1, -0.05) is 30.3 Å². The Labute approximate surface area is 154 Å². The summed E-state index contributed by atoms with van der Waals surface area (Å²) in [6.07, 6.45) is 8.03. The molecular weight excluding hydrogens is 324 g/mol. The molecule has 26 heavy (non-hydrogen) atoms. The second kappa shape index (κ2) is 7.34. The lowest BCUT2D eigenvalue weighted by Gasteiger charge is -2.27. The minimum atomic E-state index is 0.221. The average Bonchev–Trinajstić information content (AvgIpc) is 2.69. The van der Waals surface area contributed by atoms with E-state index in [-0.39, 0.29) is 6.10 Å². The number of pyridine rings is 1. The molecular formula is C22H24N2O2. The van der Waals surface area contributed by atoms with Crippen molar-refractivity contribution in [2.45, 2.75) is 37.8 Å². The van der Waals surface area contributed by atoms with Crippen LogP contribution in [0.5, 0.6) is 11.5 Å². The lowest BCUT2D eigenvalue weighted by Crippen LogP contribution is -2.31. The third kappa shape index (κ3) is 3.37. The van der Waals surface area contributed by atoms with E-state index in [1.165, 1.54) is 0 Å². The largest absolute Gasteiger partial charge is 0.496 e. The van der Waals surface area contributed by atoms with E-state index < -0.39 is 0 Å². The van der Waals surface area contributed by atoms with Crippen LogP contribution in [-0.4, -0.2) is 24.2 Å². The van der Waals surface area contributed by atoms with Gasteiger partial charge in [0.2, 0.25) is 0 Å². The smallest absolute Gasteiger partial charge is 0.131 e. The van der Waals surface area contributed by atoms with E-state index in [4.69, 9.17) is 15.2 Å². The van der Waals surface area contributed by atoms with E-state index >= 15 is 0 Å². The van der Waals surface area contributed by atoms with Gasteiger partial charge in [0.05, 0.1) is 13.2 Å². The van der Waals surface area contributed by atoms with Crippen LogP contribution in [0.3, 0.4) is 0 Å². The Morgan fingerprint density at radius 1 is 0.962 bits per heavy atom. The summed E-state index contributed by atoms with van der Waals surface area (Å²) < 4.78 is 11.9. The van der Waals surface area contributed by atoms with Crippen LogP contribution in [0, 0.1) is 0 Å². The quantitative estimate of drug-likeness (QED) is 0.751. The fourth-order valence-corrected chi connectivity index (χ4v) is 3.70. The molecule has 0 bridgehead atoms. The normalized spacial score (nSPS) is 20.1. The van der Waals surface area contributed by atoms with Gasteiger partial charge in [-0.3, -0.25) is 4.98 Å². The molecule has 4 nitrogen and oxygen atoms in total. The third-order valence-electron chi connectivity index (χ3n) is 5.14. The van der Waals surface area contributed by atoms with Crippen molar-refractivity contribution in [2.75, 3.05) is 7.11 Å². The fourth-order valence-electron chi connectivity index (χ4n) is 3.70. The van der Waals surface area contributed by atoms with Gasteiger partial charge in [0.1, 0.15) is 11.5 Å². The van der Waals surface area contributed by atoms with Crippen LogP contribution in [0.15, 0.2) is 54.9 Å². The van der Waals surface area contributed by atoms with E-state index in [1.807, 2.05) is 36.7 Å². The highest BCUT2D eigenvalue weighted by Gasteiger charge is 2.20. The van der Waals surface area contributed by atoms with Gasteiger partial charge in [-0.2, -0.15) is 0 Å². The number of hydrogen-bond acceptors (Lipinski definition) is 4. The molecule has 1 saturated carbocycles. The monoisotopic (exact) mass is 348 g/mol. The molecule has 2 aromatic carbocycles. The van der Waals surface area contributed by atoms with E-state index in [0.29, 0.717) is 6.04 Å². The maximum atomic E-state index is 6.29. The van der Waals surface area contributed by atoms with Gasteiger partial charge in [0, 0.05) is 35.5 Å². The van der Waals surface area contributed by atoms with Gasteiger partial charge in [0.25, 0.3) is 0 Å². The number of hydrogen-bond donors (Lipinski definition) is 1. The number of rotatable bonds is 4. The number of nitrogens with two attached hydrogens (primary N) is 1. The number of fused-ring (bicyclic) bond motifs is 1. The van der Waals surface area contributed by atoms with E-state index in [2.05, 4.69) is 23.2 Å². The highest BCUT2D eigenvalue weighted by Crippen LogP contribution is 2.37. The zero-order valence-electron chi connectivity index (χ0n) is 15.0. The van der Waals surface area contributed by atoms with Crippen LogP contribution < -0.4 is 15.2 Å². The maximum Gasteiger partial charge on any atom is 0.131 e. The van der Waals surface area contributed by atoms with Crippen molar-refractivity contribution >= 4 is 10.8 Å². The molecule has 1 aliphatic rings. The molecule has 4 heteroatoms. The molecule has 0 spiro atoms. The predicted octanol–water partition coefficient (Wildman–Crippen LogP) is 4.56. The molecule has 134 valence electrons. The summed E-state index contributed by atoms with van der Waals surface area (Å²) in [6, 6.07) is 14.7. The molecule has 1 fully saturated rings. The minimum absolute atomic E-state index is 0.221. The summed E-state index contributed by atoms with van der Waals surface area (Å²) in [4.78, 5) is 4.42. The van der Waals surface area contributed by atoms with E-state index in [9.17, 15) is 0 Å². The first-order valence-corrected chi connectivity index (χ1v) is 9.18. The minimum Gasteiger partial charge on any atom is -0.496 e. The second-order valence-corrected chi connectivity index (χ2v) is 6.93. The Balaban J connectivity index is 1.75. The Hall–Kier alpha value is -2.59. The molecule has 1 aromatic heterocycles. The van der Waals surface area contributed by atoms with Crippen molar-refractivity contribution in [1.29, 1.82) is 0 Å². The van der Waals surface area contributed by atoms with Gasteiger partial charge < -0.3 is 15.2 Å². The lowest BCUT2D eigenvalue weighted by molar-refractivity contribution is 0.147. The molecule has 1 aliphatic carbocycles. The summed E-state index contributed by atoms with van der Waals surface area (Å²) in [5.41, 5.74) is 8.23. The summed E-state index contributed by atoms with van der Waals surface area (Å²) in [7, 11) is 1.69. The number of benzene rings is 2. The Kier molecular flexibility index (Phi) is 4.76. The van der Waals surface area contributed by atoms with Crippen molar-refractivity contribution in [3.8, 4) is 22.6 Å². The molecule has 0 atom stereocenters. The van der Waals surface area contributed by atoms with Gasteiger partial charge in [0.15, 0.2) is 0 Å². The van der Waals surface area contributed by atoms with Gasteiger partial charge >= 0.3 is 0 Å². The Bertz CT molecular complexity index is 887.